The van der Waals surface area contributed by atoms with Crippen LogP contribution in [0.2, 0.25) is 0 Å². The quantitative estimate of drug-likeness (QED) is 0.807. The SMILES string of the molecule is CN(C)CCCCNc1ncccc1Br. The van der Waals surface area contributed by atoms with Crippen molar-refractivity contribution in [1.29, 1.82) is 0 Å². The third-order valence-corrected chi connectivity index (χ3v) is 2.72. The fourth-order valence-corrected chi connectivity index (χ4v) is 1.67. The van der Waals surface area contributed by atoms with Crippen LogP contribution in [0, 0.1) is 0 Å². The second-order valence-corrected chi connectivity index (χ2v) is 4.63. The summed E-state index contributed by atoms with van der Waals surface area (Å²) >= 11 is 3.46. The van der Waals surface area contributed by atoms with Gasteiger partial charge in [-0.05, 0) is 61.5 Å². The number of hydrogen-bond acceptors (Lipinski definition) is 3. The first-order valence-electron chi connectivity index (χ1n) is 5.19. The molecule has 0 saturated carbocycles. The van der Waals surface area contributed by atoms with Crippen LogP contribution < -0.4 is 5.32 Å². The van der Waals surface area contributed by atoms with Crippen molar-refractivity contribution in [2.45, 2.75) is 12.8 Å². The van der Waals surface area contributed by atoms with Gasteiger partial charge in [-0.15, -0.1) is 0 Å². The van der Waals surface area contributed by atoms with Crippen LogP contribution in [-0.4, -0.2) is 37.1 Å². The van der Waals surface area contributed by atoms with E-state index in [0.717, 1.165) is 23.4 Å². The molecule has 15 heavy (non-hydrogen) atoms. The fraction of sp³-hybridized carbons (Fsp3) is 0.545. The lowest BCUT2D eigenvalue weighted by Gasteiger charge is -2.10. The highest BCUT2D eigenvalue weighted by atomic mass is 79.9. The molecule has 1 N–H and O–H groups in total. The van der Waals surface area contributed by atoms with E-state index in [1.54, 1.807) is 6.20 Å². The normalized spacial score (nSPS) is 10.7. The molecule has 0 amide bonds. The Bertz CT molecular complexity index is 289. The van der Waals surface area contributed by atoms with Crippen LogP contribution in [0.25, 0.3) is 0 Å². The van der Waals surface area contributed by atoms with Gasteiger partial charge in [0.1, 0.15) is 5.82 Å². The molecular formula is C11H18BrN3. The van der Waals surface area contributed by atoms with Gasteiger partial charge in [-0.2, -0.15) is 0 Å². The molecule has 84 valence electrons. The lowest BCUT2D eigenvalue weighted by Crippen LogP contribution is -2.14. The molecule has 0 aromatic carbocycles. The summed E-state index contributed by atoms with van der Waals surface area (Å²) in [5.41, 5.74) is 0. The minimum absolute atomic E-state index is 0.933. The van der Waals surface area contributed by atoms with E-state index in [-0.39, 0.29) is 0 Å². The van der Waals surface area contributed by atoms with Crippen molar-refractivity contribution in [2.24, 2.45) is 0 Å². The molecule has 0 radical (unpaired) electrons. The number of nitrogens with zero attached hydrogens (tertiary/aromatic N) is 2. The van der Waals surface area contributed by atoms with E-state index >= 15 is 0 Å². The number of rotatable bonds is 6. The highest BCUT2D eigenvalue weighted by Gasteiger charge is 1.98. The maximum atomic E-state index is 4.24. The van der Waals surface area contributed by atoms with E-state index in [4.69, 9.17) is 0 Å². The average Bonchev–Trinajstić information content (AvgIpc) is 2.20. The lowest BCUT2D eigenvalue weighted by atomic mass is 10.3. The predicted molar refractivity (Wildman–Crippen MR) is 68.2 cm³/mol. The number of pyridine rings is 1. The largest absolute Gasteiger partial charge is 0.369 e. The maximum Gasteiger partial charge on any atom is 0.140 e. The number of nitrogens with one attached hydrogen (secondary N) is 1. The summed E-state index contributed by atoms with van der Waals surface area (Å²) in [6, 6.07) is 3.91. The Morgan fingerprint density at radius 3 is 2.87 bits per heavy atom. The smallest absolute Gasteiger partial charge is 0.140 e. The van der Waals surface area contributed by atoms with E-state index in [1.807, 2.05) is 12.1 Å². The Labute approximate surface area is 100 Å². The molecule has 1 heterocycles. The number of aromatic nitrogens is 1. The molecule has 0 unspecified atom stereocenters. The fourth-order valence-electron chi connectivity index (χ4n) is 1.28. The summed E-state index contributed by atoms with van der Waals surface area (Å²) in [6.45, 7) is 2.12. The molecule has 0 aliphatic heterocycles. The number of anilines is 1. The van der Waals surface area contributed by atoms with Crippen molar-refractivity contribution in [3.63, 3.8) is 0 Å². The monoisotopic (exact) mass is 271 g/mol. The van der Waals surface area contributed by atoms with Crippen molar-refractivity contribution in [3.8, 4) is 0 Å². The van der Waals surface area contributed by atoms with Crippen molar-refractivity contribution >= 4 is 21.7 Å². The lowest BCUT2D eigenvalue weighted by molar-refractivity contribution is 0.396. The zero-order chi connectivity index (χ0) is 11.1. The molecule has 3 nitrogen and oxygen atoms in total. The summed E-state index contributed by atoms with van der Waals surface area (Å²) < 4.78 is 1.03. The van der Waals surface area contributed by atoms with Gasteiger partial charge in [0.2, 0.25) is 0 Å². The van der Waals surface area contributed by atoms with Crippen LogP contribution in [0.1, 0.15) is 12.8 Å². The molecule has 0 atom stereocenters. The average molecular weight is 272 g/mol. The van der Waals surface area contributed by atoms with Gasteiger partial charge in [0, 0.05) is 12.7 Å². The van der Waals surface area contributed by atoms with Crippen LogP contribution in [-0.2, 0) is 0 Å². The second-order valence-electron chi connectivity index (χ2n) is 3.77. The summed E-state index contributed by atoms with van der Waals surface area (Å²) in [7, 11) is 4.20. The molecule has 1 rings (SSSR count). The number of unbranched alkanes of at least 4 members (excludes halogenated alkanes) is 1. The minimum Gasteiger partial charge on any atom is -0.369 e. The third kappa shape index (κ3) is 5.14. The second kappa shape index (κ2) is 6.80. The van der Waals surface area contributed by atoms with Crippen LogP contribution >= 0.6 is 15.9 Å². The first-order valence-corrected chi connectivity index (χ1v) is 5.98. The summed E-state index contributed by atoms with van der Waals surface area (Å²) in [4.78, 5) is 6.45. The molecule has 4 heteroatoms. The Morgan fingerprint density at radius 1 is 1.40 bits per heavy atom. The van der Waals surface area contributed by atoms with Gasteiger partial charge < -0.3 is 10.2 Å². The molecule has 0 saturated heterocycles. The van der Waals surface area contributed by atoms with Crippen molar-refractivity contribution in [3.05, 3.63) is 22.8 Å². The molecule has 0 aliphatic carbocycles. The Balaban J connectivity index is 2.18. The molecular weight excluding hydrogens is 254 g/mol. The molecule has 0 spiro atoms. The van der Waals surface area contributed by atoms with Gasteiger partial charge in [-0.1, -0.05) is 0 Å². The van der Waals surface area contributed by atoms with Gasteiger partial charge in [0.15, 0.2) is 0 Å². The molecule has 0 fully saturated rings. The van der Waals surface area contributed by atoms with E-state index < -0.39 is 0 Å². The topological polar surface area (TPSA) is 28.2 Å². The zero-order valence-corrected chi connectivity index (χ0v) is 10.9. The van der Waals surface area contributed by atoms with Gasteiger partial charge in [-0.3, -0.25) is 0 Å². The Morgan fingerprint density at radius 2 is 2.20 bits per heavy atom. The van der Waals surface area contributed by atoms with E-state index in [0.29, 0.717) is 0 Å². The Hall–Kier alpha value is -0.610. The number of hydrogen-bond donors (Lipinski definition) is 1. The van der Waals surface area contributed by atoms with E-state index in [1.165, 1.54) is 12.8 Å². The predicted octanol–water partition coefficient (Wildman–Crippen LogP) is 2.60. The first kappa shape index (κ1) is 12.5. The Kier molecular flexibility index (Phi) is 5.65. The van der Waals surface area contributed by atoms with Crippen molar-refractivity contribution < 1.29 is 0 Å². The van der Waals surface area contributed by atoms with Crippen molar-refractivity contribution in [1.82, 2.24) is 9.88 Å². The maximum absolute atomic E-state index is 4.24. The van der Waals surface area contributed by atoms with Gasteiger partial charge in [0.05, 0.1) is 4.47 Å². The summed E-state index contributed by atoms with van der Waals surface area (Å²) in [6.07, 6.45) is 4.18. The first-order chi connectivity index (χ1) is 7.20. The van der Waals surface area contributed by atoms with Crippen molar-refractivity contribution in [2.75, 3.05) is 32.5 Å². The molecule has 0 aliphatic rings. The summed E-state index contributed by atoms with van der Waals surface area (Å²) in [5.74, 6) is 0.933. The number of halogens is 1. The zero-order valence-electron chi connectivity index (χ0n) is 9.33. The van der Waals surface area contributed by atoms with Crippen LogP contribution in [0.15, 0.2) is 22.8 Å². The highest BCUT2D eigenvalue weighted by Crippen LogP contribution is 2.17. The molecule has 1 aromatic heterocycles. The van der Waals surface area contributed by atoms with Crippen LogP contribution in [0.3, 0.4) is 0 Å². The van der Waals surface area contributed by atoms with E-state index in [2.05, 4.69) is 45.2 Å². The van der Waals surface area contributed by atoms with Crippen LogP contribution in [0.5, 0.6) is 0 Å². The highest BCUT2D eigenvalue weighted by molar-refractivity contribution is 9.10. The van der Waals surface area contributed by atoms with Crippen LogP contribution in [0.4, 0.5) is 5.82 Å². The molecule has 0 bridgehead atoms. The van der Waals surface area contributed by atoms with Gasteiger partial charge in [-0.25, -0.2) is 4.98 Å². The third-order valence-electron chi connectivity index (χ3n) is 2.08. The van der Waals surface area contributed by atoms with Gasteiger partial charge >= 0.3 is 0 Å². The van der Waals surface area contributed by atoms with E-state index in [9.17, 15) is 0 Å². The minimum atomic E-state index is 0.933. The summed E-state index contributed by atoms with van der Waals surface area (Å²) in [5, 5.41) is 3.31. The standard InChI is InChI=1S/C11H18BrN3/c1-15(2)9-4-3-7-13-11-10(12)6-5-8-14-11/h5-6,8H,3-4,7,9H2,1-2H3,(H,13,14). The van der Waals surface area contributed by atoms with Gasteiger partial charge in [0.25, 0.3) is 0 Å². The molecule has 1 aromatic rings.